The lowest BCUT2D eigenvalue weighted by Gasteiger charge is -2.39. The fraction of sp³-hybridized carbons (Fsp3) is 0.556. The Morgan fingerprint density at radius 2 is 2.05 bits per heavy atom. The fourth-order valence-corrected chi connectivity index (χ4v) is 3.67. The number of benzene rings is 1. The highest BCUT2D eigenvalue weighted by atomic mass is 15.0. The van der Waals surface area contributed by atoms with Gasteiger partial charge in [0.15, 0.2) is 0 Å². The average molecular weight is 270 g/mol. The fourth-order valence-electron chi connectivity index (χ4n) is 3.67. The first-order valence-electron chi connectivity index (χ1n) is 7.84. The predicted octanol–water partition coefficient (Wildman–Crippen LogP) is 4.24. The van der Waals surface area contributed by atoms with Gasteiger partial charge in [0.2, 0.25) is 0 Å². The van der Waals surface area contributed by atoms with Crippen molar-refractivity contribution in [2.75, 3.05) is 0 Å². The molecule has 1 fully saturated rings. The summed E-state index contributed by atoms with van der Waals surface area (Å²) in [5.74, 6) is 0. The zero-order chi connectivity index (χ0) is 14.2. The number of fused-ring (bicyclic) bond motifs is 1. The third kappa shape index (κ3) is 2.49. The Morgan fingerprint density at radius 1 is 1.25 bits per heavy atom. The van der Waals surface area contributed by atoms with Crippen molar-refractivity contribution < 1.29 is 0 Å². The lowest BCUT2D eigenvalue weighted by atomic mass is 9.73. The summed E-state index contributed by atoms with van der Waals surface area (Å²) in [5.41, 5.74) is 3.18. The first kappa shape index (κ1) is 13.7. The number of nitrogens with zero attached hydrogens (tertiary/aromatic N) is 1. The second-order valence-electron chi connectivity index (χ2n) is 6.95. The number of para-hydroxylation sites is 1. The first-order valence-corrected chi connectivity index (χ1v) is 7.84. The summed E-state index contributed by atoms with van der Waals surface area (Å²) in [6, 6.07) is 9.33. The zero-order valence-corrected chi connectivity index (χ0v) is 12.9. The van der Waals surface area contributed by atoms with Crippen LogP contribution in [0.4, 0.5) is 0 Å². The molecule has 3 rings (SSSR count). The van der Waals surface area contributed by atoms with Gasteiger partial charge in [0.1, 0.15) is 0 Å². The molecular weight excluding hydrogens is 244 g/mol. The van der Waals surface area contributed by atoms with Crippen LogP contribution in [0.5, 0.6) is 0 Å². The minimum absolute atomic E-state index is 0.433. The van der Waals surface area contributed by atoms with E-state index < -0.39 is 0 Å². The molecule has 0 spiro atoms. The molecule has 1 N–H and O–H groups in total. The van der Waals surface area contributed by atoms with Gasteiger partial charge in [-0.1, -0.05) is 44.9 Å². The number of aryl methyl sites for hydroxylation is 1. The molecule has 1 saturated carbocycles. The molecule has 1 unspecified atom stereocenters. The van der Waals surface area contributed by atoms with Crippen molar-refractivity contribution in [2.45, 2.75) is 52.1 Å². The van der Waals surface area contributed by atoms with Crippen molar-refractivity contribution in [3.8, 4) is 0 Å². The summed E-state index contributed by atoms with van der Waals surface area (Å²) in [4.78, 5) is 0. The molecule has 0 bridgehead atoms. The van der Waals surface area contributed by atoms with Crippen molar-refractivity contribution in [3.05, 3.63) is 36.0 Å². The van der Waals surface area contributed by atoms with Crippen LogP contribution in [0.15, 0.2) is 30.5 Å². The van der Waals surface area contributed by atoms with E-state index in [1.165, 1.54) is 42.1 Å². The van der Waals surface area contributed by atoms with Crippen LogP contribution >= 0.6 is 0 Å². The summed E-state index contributed by atoms with van der Waals surface area (Å²) >= 11 is 0. The number of aromatic nitrogens is 1. The predicted molar refractivity (Wildman–Crippen MR) is 85.8 cm³/mol. The van der Waals surface area contributed by atoms with Gasteiger partial charge in [0.05, 0.1) is 0 Å². The SMILES string of the molecule is Cn1cc(CNC2CCCCC2(C)C)c2ccccc21. The minimum Gasteiger partial charge on any atom is -0.350 e. The van der Waals surface area contributed by atoms with Gasteiger partial charge in [-0.3, -0.25) is 0 Å². The minimum atomic E-state index is 0.433. The molecular formula is C18H26N2. The van der Waals surface area contributed by atoms with Gasteiger partial charge >= 0.3 is 0 Å². The zero-order valence-electron chi connectivity index (χ0n) is 12.9. The van der Waals surface area contributed by atoms with E-state index >= 15 is 0 Å². The summed E-state index contributed by atoms with van der Waals surface area (Å²) in [7, 11) is 2.14. The van der Waals surface area contributed by atoms with Crippen molar-refractivity contribution in [2.24, 2.45) is 12.5 Å². The molecule has 2 heteroatoms. The van der Waals surface area contributed by atoms with Crippen LogP contribution in [0.2, 0.25) is 0 Å². The number of rotatable bonds is 3. The van der Waals surface area contributed by atoms with Gasteiger partial charge in [-0.15, -0.1) is 0 Å². The van der Waals surface area contributed by atoms with Gasteiger partial charge in [-0.25, -0.2) is 0 Å². The second kappa shape index (κ2) is 5.25. The maximum absolute atomic E-state index is 3.82. The largest absolute Gasteiger partial charge is 0.350 e. The molecule has 2 nitrogen and oxygen atoms in total. The molecule has 0 aliphatic heterocycles. The van der Waals surface area contributed by atoms with Crippen LogP contribution in [-0.2, 0) is 13.6 Å². The Morgan fingerprint density at radius 3 is 2.85 bits per heavy atom. The van der Waals surface area contributed by atoms with Gasteiger partial charge < -0.3 is 9.88 Å². The first-order chi connectivity index (χ1) is 9.58. The summed E-state index contributed by atoms with van der Waals surface area (Å²) in [6.45, 7) is 5.80. The molecule has 108 valence electrons. The molecule has 1 aromatic carbocycles. The van der Waals surface area contributed by atoms with Crippen LogP contribution in [0.3, 0.4) is 0 Å². The van der Waals surface area contributed by atoms with Gasteiger partial charge in [0.25, 0.3) is 0 Å². The van der Waals surface area contributed by atoms with E-state index in [4.69, 9.17) is 0 Å². The molecule has 20 heavy (non-hydrogen) atoms. The Balaban J connectivity index is 1.77. The van der Waals surface area contributed by atoms with E-state index in [2.05, 4.69) is 61.2 Å². The van der Waals surface area contributed by atoms with Crippen LogP contribution in [-0.4, -0.2) is 10.6 Å². The van der Waals surface area contributed by atoms with E-state index in [0.29, 0.717) is 11.5 Å². The van der Waals surface area contributed by atoms with Crippen molar-refractivity contribution in [1.82, 2.24) is 9.88 Å². The molecule has 0 saturated heterocycles. The van der Waals surface area contributed by atoms with Crippen LogP contribution in [0.25, 0.3) is 10.9 Å². The Labute approximate surface area is 122 Å². The van der Waals surface area contributed by atoms with E-state index in [9.17, 15) is 0 Å². The second-order valence-corrected chi connectivity index (χ2v) is 6.95. The van der Waals surface area contributed by atoms with E-state index in [0.717, 1.165) is 6.54 Å². The third-order valence-electron chi connectivity index (χ3n) is 5.03. The van der Waals surface area contributed by atoms with E-state index in [1.807, 2.05) is 0 Å². The number of nitrogens with one attached hydrogen (secondary N) is 1. The topological polar surface area (TPSA) is 17.0 Å². The normalized spacial score (nSPS) is 22.2. The molecule has 0 amide bonds. The number of hydrogen-bond donors (Lipinski definition) is 1. The molecule has 1 aliphatic carbocycles. The quantitative estimate of drug-likeness (QED) is 0.883. The highest BCUT2D eigenvalue weighted by Gasteiger charge is 2.31. The average Bonchev–Trinajstić information content (AvgIpc) is 2.75. The molecule has 2 aromatic rings. The van der Waals surface area contributed by atoms with Crippen molar-refractivity contribution in [1.29, 1.82) is 0 Å². The third-order valence-corrected chi connectivity index (χ3v) is 5.03. The number of hydrogen-bond acceptors (Lipinski definition) is 1. The molecule has 0 radical (unpaired) electrons. The van der Waals surface area contributed by atoms with Crippen LogP contribution < -0.4 is 5.32 Å². The van der Waals surface area contributed by atoms with Crippen LogP contribution in [0, 0.1) is 5.41 Å². The van der Waals surface area contributed by atoms with Gasteiger partial charge in [-0.2, -0.15) is 0 Å². The smallest absolute Gasteiger partial charge is 0.0481 e. The Hall–Kier alpha value is -1.28. The standard InChI is InChI=1S/C18H26N2/c1-18(2)11-7-6-10-17(18)19-12-14-13-20(3)16-9-5-4-8-15(14)16/h4-5,8-9,13,17,19H,6-7,10-12H2,1-3H3. The maximum Gasteiger partial charge on any atom is 0.0481 e. The lowest BCUT2D eigenvalue weighted by molar-refractivity contribution is 0.167. The highest BCUT2D eigenvalue weighted by molar-refractivity contribution is 5.83. The van der Waals surface area contributed by atoms with E-state index in [1.54, 1.807) is 0 Å². The molecule has 1 aliphatic rings. The highest BCUT2D eigenvalue weighted by Crippen LogP contribution is 2.35. The van der Waals surface area contributed by atoms with Gasteiger partial charge in [0, 0.05) is 36.7 Å². The summed E-state index contributed by atoms with van der Waals surface area (Å²) in [5, 5.41) is 5.21. The van der Waals surface area contributed by atoms with E-state index in [-0.39, 0.29) is 0 Å². The van der Waals surface area contributed by atoms with Gasteiger partial charge in [-0.05, 0) is 29.9 Å². The Bertz CT molecular complexity index is 594. The molecule has 1 heterocycles. The monoisotopic (exact) mass is 270 g/mol. The summed E-state index contributed by atoms with van der Waals surface area (Å²) in [6.07, 6.45) is 7.70. The Kier molecular flexibility index (Phi) is 3.59. The van der Waals surface area contributed by atoms with Crippen molar-refractivity contribution in [3.63, 3.8) is 0 Å². The maximum atomic E-state index is 3.82. The summed E-state index contributed by atoms with van der Waals surface area (Å²) < 4.78 is 2.23. The lowest BCUT2D eigenvalue weighted by Crippen LogP contribution is -2.43. The molecule has 1 atom stereocenters. The molecule has 1 aromatic heterocycles. The van der Waals surface area contributed by atoms with Crippen LogP contribution in [0.1, 0.15) is 45.1 Å². The van der Waals surface area contributed by atoms with Crippen molar-refractivity contribution >= 4 is 10.9 Å².